The van der Waals surface area contributed by atoms with Crippen molar-refractivity contribution in [1.82, 2.24) is 10.3 Å². The summed E-state index contributed by atoms with van der Waals surface area (Å²) in [7, 11) is 1.44. The molecule has 3 heterocycles. The highest BCUT2D eigenvalue weighted by molar-refractivity contribution is 5.64. The van der Waals surface area contributed by atoms with Gasteiger partial charge in [0.25, 0.3) is 0 Å². The highest BCUT2D eigenvalue weighted by atomic mass is 16.5. The summed E-state index contributed by atoms with van der Waals surface area (Å²) in [5, 5.41) is 72.1. The molecule has 1 aromatic heterocycles. The Kier molecular flexibility index (Phi) is 12.0. The number of piperidine rings is 1. The summed E-state index contributed by atoms with van der Waals surface area (Å²) in [6.45, 7) is 0.529. The second-order valence-electron chi connectivity index (χ2n) is 18.4. The first-order valence-electron chi connectivity index (χ1n) is 22.4. The summed E-state index contributed by atoms with van der Waals surface area (Å²) in [6.07, 6.45) is 13.7. The second-order valence-corrected chi connectivity index (χ2v) is 18.4. The Morgan fingerprint density at radius 2 is 1.77 bits per heavy atom. The van der Waals surface area contributed by atoms with Gasteiger partial charge < -0.3 is 50.4 Å². The Bertz CT molecular complexity index is 2140. The number of aliphatic hydroxyl groups excluding tert-OH is 3. The van der Waals surface area contributed by atoms with E-state index >= 15 is 0 Å². The number of aromatic nitrogens is 1. The van der Waals surface area contributed by atoms with Gasteiger partial charge in [-0.05, 0) is 140 Å². The molecule has 320 valence electrons. The first-order valence-corrected chi connectivity index (χ1v) is 22.4. The molecule has 0 spiro atoms. The van der Waals surface area contributed by atoms with E-state index in [1.165, 1.54) is 18.2 Å². The second kappa shape index (κ2) is 17.6. The van der Waals surface area contributed by atoms with E-state index in [-0.39, 0.29) is 59.2 Å². The number of hydrogen-bond donors (Lipinski definition) is 8. The van der Waals surface area contributed by atoms with Gasteiger partial charge in [0, 0.05) is 48.3 Å². The third-order valence-electron chi connectivity index (χ3n) is 15.2. The third kappa shape index (κ3) is 7.86. The van der Waals surface area contributed by atoms with Gasteiger partial charge in [-0.15, -0.1) is 0 Å². The molecule has 8 N–H and O–H groups in total. The van der Waals surface area contributed by atoms with Crippen molar-refractivity contribution < 1.29 is 40.1 Å². The van der Waals surface area contributed by atoms with E-state index in [1.54, 1.807) is 0 Å². The number of ether oxygens (including phenoxy) is 2. The van der Waals surface area contributed by atoms with Crippen LogP contribution < -0.4 is 10.1 Å². The average molecular weight is 819 g/mol. The van der Waals surface area contributed by atoms with Crippen LogP contribution in [0.1, 0.15) is 121 Å². The summed E-state index contributed by atoms with van der Waals surface area (Å²) < 4.78 is 12.6. The number of nitrogens with one attached hydrogen (secondary N) is 2. The maximum absolute atomic E-state index is 12.1. The number of hydrogen-bond acceptors (Lipinski definition) is 9. The Balaban J connectivity index is 1.02. The quantitative estimate of drug-likeness (QED) is 0.0557. The lowest BCUT2D eigenvalue weighted by atomic mass is 9.58. The lowest BCUT2D eigenvalue weighted by molar-refractivity contribution is -0.154. The molecule has 0 amide bonds. The predicted octanol–water partition coefficient (Wildman–Crippen LogP) is 7.80. The number of methoxy groups -OCH3 is 1. The number of allylic oxidation sites excluding steroid dienone is 1. The van der Waals surface area contributed by atoms with Crippen molar-refractivity contribution in [3.8, 4) is 23.0 Å². The van der Waals surface area contributed by atoms with Crippen molar-refractivity contribution in [2.24, 2.45) is 23.7 Å². The molecule has 10 heteroatoms. The van der Waals surface area contributed by atoms with Crippen LogP contribution in [-0.2, 0) is 24.2 Å². The van der Waals surface area contributed by atoms with E-state index in [4.69, 9.17) is 9.47 Å². The third-order valence-corrected chi connectivity index (χ3v) is 15.2. The standard InChI is InChI=1S/C50H62N2O8/c1-59-50-38(20-29-17-19-51-26-29)47(39(27-53)48(57)49(50)58)45-25-43(56)34-13-10-31(24-44(34)60-45)30-12-16-42(55)37(21-30)46-35(41(54)15-9-28-6-3-2-4-7-28)14-11-32-23-40-33(22-36(32)46)8-5-18-52-40/h2-4,6-7,12,16-17,19,21-22,26,31-32,34-36,40-41,43-46,51-58H,5,8-11,13-15,18,20,23-25,27H2,1H3/t31-,32-,34+,35+,36+,40-,41-,43+,44+,45+,46-/m1/s1. The van der Waals surface area contributed by atoms with E-state index in [9.17, 15) is 30.6 Å². The number of aliphatic hydroxyl groups is 3. The van der Waals surface area contributed by atoms with Crippen LogP contribution in [0, 0.1) is 23.7 Å². The Hall–Kier alpha value is -4.32. The molecule has 3 aromatic carbocycles. The Morgan fingerprint density at radius 3 is 2.55 bits per heavy atom. The fraction of sp³-hybridized carbons (Fsp3) is 0.520. The number of rotatable bonds is 11. The van der Waals surface area contributed by atoms with Crippen molar-refractivity contribution in [1.29, 1.82) is 0 Å². The van der Waals surface area contributed by atoms with Gasteiger partial charge in [-0.25, -0.2) is 0 Å². The topological polar surface area (TPSA) is 168 Å². The molecule has 2 saturated heterocycles. The number of fused-ring (bicyclic) bond motifs is 3. The molecule has 5 aliphatic rings. The molecule has 10 nitrogen and oxygen atoms in total. The number of benzene rings is 3. The van der Waals surface area contributed by atoms with Crippen LogP contribution in [-0.4, -0.2) is 73.6 Å². The summed E-state index contributed by atoms with van der Waals surface area (Å²) in [6, 6.07) is 18.9. The first kappa shape index (κ1) is 41.1. The SMILES string of the molecule is COc1c(O)c(O)c(CO)c([C@@H]2C[C@H](O)[C@@H]3CC[C@@H](c4ccc(O)c([C@H]5[C@H]6C=C7CCCN[C@@H]7C[C@H]6CC[C@H]5[C@H](O)CCc5ccccc5)c4)C[C@@H]3O2)c1Cc1cc[nH]c1. The van der Waals surface area contributed by atoms with E-state index in [2.05, 4.69) is 46.7 Å². The van der Waals surface area contributed by atoms with Crippen LogP contribution in [0.15, 0.2) is 78.6 Å². The summed E-state index contributed by atoms with van der Waals surface area (Å²) >= 11 is 0. The summed E-state index contributed by atoms with van der Waals surface area (Å²) in [4.78, 5) is 3.07. The highest BCUT2D eigenvalue weighted by Gasteiger charge is 2.47. The minimum atomic E-state index is -0.673. The van der Waals surface area contributed by atoms with Gasteiger partial charge in [0.05, 0.1) is 38.1 Å². The lowest BCUT2D eigenvalue weighted by Gasteiger charge is -2.49. The molecule has 0 bridgehead atoms. The maximum atomic E-state index is 12.1. The molecule has 0 unspecified atom stereocenters. The average Bonchev–Trinajstić information content (AvgIpc) is 3.79. The van der Waals surface area contributed by atoms with E-state index < -0.39 is 36.4 Å². The van der Waals surface area contributed by atoms with Crippen molar-refractivity contribution >= 4 is 0 Å². The lowest BCUT2D eigenvalue weighted by Crippen LogP contribution is -2.46. The van der Waals surface area contributed by atoms with Gasteiger partial charge in [0.2, 0.25) is 5.75 Å². The molecule has 11 atom stereocenters. The van der Waals surface area contributed by atoms with E-state index in [0.29, 0.717) is 42.3 Å². The van der Waals surface area contributed by atoms with Crippen LogP contribution in [0.4, 0.5) is 0 Å². The van der Waals surface area contributed by atoms with Gasteiger partial charge in [0.1, 0.15) is 5.75 Å². The minimum Gasteiger partial charge on any atom is -0.508 e. The molecular formula is C50H62N2O8. The monoisotopic (exact) mass is 818 g/mol. The zero-order chi connectivity index (χ0) is 41.5. The van der Waals surface area contributed by atoms with Crippen LogP contribution in [0.5, 0.6) is 23.0 Å². The molecular weight excluding hydrogens is 757 g/mol. The van der Waals surface area contributed by atoms with Crippen LogP contribution in [0.3, 0.4) is 0 Å². The number of phenols is 3. The molecule has 60 heavy (non-hydrogen) atoms. The number of aromatic amines is 1. The maximum Gasteiger partial charge on any atom is 0.201 e. The predicted molar refractivity (Wildman–Crippen MR) is 229 cm³/mol. The molecule has 2 saturated carbocycles. The zero-order valence-electron chi connectivity index (χ0n) is 34.7. The fourth-order valence-corrected chi connectivity index (χ4v) is 12.2. The molecule has 4 aromatic rings. The molecule has 2 aliphatic heterocycles. The smallest absolute Gasteiger partial charge is 0.201 e. The summed E-state index contributed by atoms with van der Waals surface area (Å²) in [5.74, 6) is 0.252. The van der Waals surface area contributed by atoms with Gasteiger partial charge in [0.15, 0.2) is 11.5 Å². The normalized spacial score (nSPS) is 30.7. The molecule has 0 radical (unpaired) electrons. The molecule has 9 rings (SSSR count). The number of H-pyrrole nitrogens is 1. The Morgan fingerprint density at radius 1 is 0.917 bits per heavy atom. The van der Waals surface area contributed by atoms with Crippen molar-refractivity contribution in [2.45, 2.75) is 126 Å². The highest BCUT2D eigenvalue weighted by Crippen LogP contribution is 2.56. The van der Waals surface area contributed by atoms with Crippen molar-refractivity contribution in [3.05, 3.63) is 118 Å². The van der Waals surface area contributed by atoms with E-state index in [0.717, 1.165) is 74.6 Å². The van der Waals surface area contributed by atoms with Crippen molar-refractivity contribution in [2.75, 3.05) is 13.7 Å². The Labute approximate surface area is 353 Å². The van der Waals surface area contributed by atoms with Crippen LogP contribution in [0.2, 0.25) is 0 Å². The van der Waals surface area contributed by atoms with Crippen LogP contribution >= 0.6 is 0 Å². The number of aromatic hydroxyl groups is 3. The fourth-order valence-electron chi connectivity index (χ4n) is 12.2. The van der Waals surface area contributed by atoms with Gasteiger partial charge in [-0.1, -0.05) is 54.1 Å². The summed E-state index contributed by atoms with van der Waals surface area (Å²) in [5.41, 5.74) is 7.01. The van der Waals surface area contributed by atoms with Crippen molar-refractivity contribution in [3.63, 3.8) is 0 Å². The number of aryl methyl sites for hydroxylation is 1. The first-order chi connectivity index (χ1) is 29.2. The molecule has 3 aliphatic carbocycles. The van der Waals surface area contributed by atoms with Gasteiger partial charge in [-0.3, -0.25) is 0 Å². The van der Waals surface area contributed by atoms with Gasteiger partial charge >= 0.3 is 0 Å². The van der Waals surface area contributed by atoms with E-state index in [1.807, 2.05) is 36.7 Å². The van der Waals surface area contributed by atoms with Gasteiger partial charge in [-0.2, -0.15) is 0 Å². The molecule has 4 fully saturated rings. The zero-order valence-corrected chi connectivity index (χ0v) is 34.7. The van der Waals surface area contributed by atoms with Crippen LogP contribution in [0.25, 0.3) is 0 Å². The number of phenolic OH excluding ortho intramolecular Hbond substituents is 2. The largest absolute Gasteiger partial charge is 0.508 e. The minimum absolute atomic E-state index is 0.00859.